The molecule has 0 aliphatic carbocycles. The van der Waals surface area contributed by atoms with E-state index in [2.05, 4.69) is 21.6 Å². The highest BCUT2D eigenvalue weighted by molar-refractivity contribution is 4.77. The topological polar surface area (TPSA) is 55.2 Å². The zero-order valence-electron chi connectivity index (χ0n) is 6.35. The Morgan fingerprint density at radius 2 is 2.45 bits per heavy atom. The molecule has 0 spiro atoms. The third-order valence-electron chi connectivity index (χ3n) is 1.59. The molecule has 0 amide bonds. The van der Waals surface area contributed by atoms with E-state index < -0.39 is 0 Å². The van der Waals surface area contributed by atoms with E-state index in [1.165, 1.54) is 0 Å². The lowest BCUT2D eigenvalue weighted by molar-refractivity contribution is 0.266. The Hall–Kier alpha value is -1.19. The average molecular weight is 153 g/mol. The molecule has 0 aromatic heterocycles. The Balaban J connectivity index is 2.33. The first kappa shape index (κ1) is 7.91. The van der Waals surface area contributed by atoms with Crippen molar-refractivity contribution in [2.75, 3.05) is 26.3 Å². The van der Waals surface area contributed by atoms with E-state index in [-0.39, 0.29) is 0 Å². The molecule has 5 heteroatoms. The van der Waals surface area contributed by atoms with Gasteiger partial charge in [0.05, 0.1) is 0 Å². The molecule has 0 bridgehead atoms. The minimum atomic E-state index is 0.718. The van der Waals surface area contributed by atoms with Crippen LogP contribution in [0.5, 0.6) is 0 Å². The van der Waals surface area contributed by atoms with Crippen LogP contribution in [0.3, 0.4) is 0 Å². The average Bonchev–Trinajstić information content (AvgIpc) is 2.38. The van der Waals surface area contributed by atoms with Crippen molar-refractivity contribution in [1.29, 1.82) is 0 Å². The lowest BCUT2D eigenvalue weighted by Gasteiger charge is -2.08. The predicted molar refractivity (Wildman–Crippen MR) is 42.5 cm³/mol. The van der Waals surface area contributed by atoms with Gasteiger partial charge in [-0.25, -0.2) is 5.01 Å². The smallest absolute Gasteiger partial charge is 0.144 e. The van der Waals surface area contributed by atoms with Gasteiger partial charge in [-0.15, -0.1) is 12.1 Å². The number of hydrogen-bond donors (Lipinski definition) is 0. The summed E-state index contributed by atoms with van der Waals surface area (Å²) in [6, 6.07) is 0. The summed E-state index contributed by atoms with van der Waals surface area (Å²) in [7, 11) is 0. The van der Waals surface area contributed by atoms with Crippen LogP contribution in [0.15, 0.2) is 17.9 Å². The van der Waals surface area contributed by atoms with Crippen LogP contribution >= 0.6 is 0 Å². The van der Waals surface area contributed by atoms with Crippen LogP contribution in [0, 0.1) is 0 Å². The molecule has 0 N–H and O–H groups in total. The molecule has 0 radical (unpaired) electrons. The van der Waals surface area contributed by atoms with Crippen molar-refractivity contribution in [3.8, 4) is 0 Å². The Morgan fingerprint density at radius 1 is 1.64 bits per heavy atom. The first-order valence-corrected chi connectivity index (χ1v) is 3.50. The zero-order valence-corrected chi connectivity index (χ0v) is 6.35. The standard InChI is InChI=1S/C6H11N5/c1-2-3-10-4-5-11(6-10)9-8-7/h2H,1,3-6H2. The third-order valence-corrected chi connectivity index (χ3v) is 1.59. The highest BCUT2D eigenvalue weighted by atomic mass is 15.6. The monoisotopic (exact) mass is 153 g/mol. The van der Waals surface area contributed by atoms with Crippen molar-refractivity contribution in [3.63, 3.8) is 0 Å². The summed E-state index contributed by atoms with van der Waals surface area (Å²) in [5.74, 6) is 0. The van der Waals surface area contributed by atoms with Crippen LogP contribution in [0.2, 0.25) is 0 Å². The number of azide groups is 1. The van der Waals surface area contributed by atoms with Crippen molar-refractivity contribution < 1.29 is 0 Å². The second-order valence-corrected chi connectivity index (χ2v) is 2.42. The molecule has 60 valence electrons. The van der Waals surface area contributed by atoms with Crippen LogP contribution in [0.1, 0.15) is 0 Å². The Morgan fingerprint density at radius 3 is 3.09 bits per heavy atom. The minimum absolute atomic E-state index is 0.718. The van der Waals surface area contributed by atoms with Gasteiger partial charge in [-0.05, 0) is 5.22 Å². The first-order chi connectivity index (χ1) is 5.36. The highest BCUT2D eigenvalue weighted by Gasteiger charge is 2.19. The van der Waals surface area contributed by atoms with Crippen molar-refractivity contribution in [2.24, 2.45) is 5.22 Å². The van der Waals surface area contributed by atoms with Crippen LogP contribution < -0.4 is 0 Å². The third kappa shape index (κ3) is 2.14. The highest BCUT2D eigenvalue weighted by Crippen LogP contribution is 2.04. The van der Waals surface area contributed by atoms with E-state index in [4.69, 9.17) is 5.53 Å². The number of hydrogen-bond acceptors (Lipinski definition) is 2. The van der Waals surface area contributed by atoms with Gasteiger partial charge in [0.15, 0.2) is 0 Å². The molecule has 0 aromatic carbocycles. The van der Waals surface area contributed by atoms with Gasteiger partial charge in [-0.3, -0.25) is 4.90 Å². The van der Waals surface area contributed by atoms with Gasteiger partial charge in [0.2, 0.25) is 0 Å². The summed E-state index contributed by atoms with van der Waals surface area (Å²) >= 11 is 0. The molecular weight excluding hydrogens is 142 g/mol. The van der Waals surface area contributed by atoms with E-state index in [9.17, 15) is 0 Å². The van der Waals surface area contributed by atoms with Gasteiger partial charge in [-0.1, -0.05) is 6.08 Å². The van der Waals surface area contributed by atoms with Crippen molar-refractivity contribution in [2.45, 2.75) is 0 Å². The summed E-state index contributed by atoms with van der Waals surface area (Å²) in [5, 5.41) is 5.19. The van der Waals surface area contributed by atoms with Gasteiger partial charge >= 0.3 is 0 Å². The summed E-state index contributed by atoms with van der Waals surface area (Å²) in [4.78, 5) is 4.87. The second-order valence-electron chi connectivity index (χ2n) is 2.42. The molecule has 0 unspecified atom stereocenters. The number of nitrogens with zero attached hydrogens (tertiary/aromatic N) is 5. The largest absolute Gasteiger partial charge is 0.260 e. The molecule has 11 heavy (non-hydrogen) atoms. The number of rotatable bonds is 3. The van der Waals surface area contributed by atoms with Crippen LogP contribution in [-0.4, -0.2) is 36.2 Å². The van der Waals surface area contributed by atoms with Crippen molar-refractivity contribution >= 4 is 0 Å². The lowest BCUT2D eigenvalue weighted by Crippen LogP contribution is -2.22. The van der Waals surface area contributed by atoms with E-state index in [1.54, 1.807) is 5.01 Å². The maximum atomic E-state index is 8.12. The fraction of sp³-hybridized carbons (Fsp3) is 0.667. The molecule has 1 aliphatic rings. The van der Waals surface area contributed by atoms with Gasteiger partial charge < -0.3 is 0 Å². The fourth-order valence-corrected chi connectivity index (χ4v) is 1.09. The molecular formula is C6H11N5. The minimum Gasteiger partial charge on any atom is -0.260 e. The molecule has 5 nitrogen and oxygen atoms in total. The fourth-order valence-electron chi connectivity index (χ4n) is 1.09. The van der Waals surface area contributed by atoms with E-state index in [1.807, 2.05) is 6.08 Å². The molecule has 1 aliphatic heterocycles. The van der Waals surface area contributed by atoms with Crippen LogP contribution in [0.25, 0.3) is 10.4 Å². The predicted octanol–water partition coefficient (Wildman–Crippen LogP) is 0.973. The Bertz CT molecular complexity index is 183. The van der Waals surface area contributed by atoms with Gasteiger partial charge in [0.25, 0.3) is 0 Å². The Labute approximate surface area is 65.5 Å². The quantitative estimate of drug-likeness (QED) is 0.262. The van der Waals surface area contributed by atoms with Gasteiger partial charge in [-0.2, -0.15) is 4.91 Å². The molecule has 1 heterocycles. The summed E-state index contributed by atoms with van der Waals surface area (Å²) in [5.41, 5.74) is 8.12. The Kier molecular flexibility index (Phi) is 2.77. The maximum Gasteiger partial charge on any atom is 0.144 e. The van der Waals surface area contributed by atoms with Crippen LogP contribution in [0.4, 0.5) is 0 Å². The van der Waals surface area contributed by atoms with Gasteiger partial charge in [0, 0.05) is 13.1 Å². The van der Waals surface area contributed by atoms with E-state index in [0.29, 0.717) is 0 Å². The normalized spacial score (nSPS) is 18.0. The van der Waals surface area contributed by atoms with Crippen molar-refractivity contribution in [1.82, 2.24) is 9.91 Å². The molecule has 0 saturated carbocycles. The lowest BCUT2D eigenvalue weighted by atomic mass is 10.5. The zero-order chi connectivity index (χ0) is 8.10. The van der Waals surface area contributed by atoms with Crippen molar-refractivity contribution in [3.05, 3.63) is 23.1 Å². The molecule has 1 rings (SSSR count). The first-order valence-electron chi connectivity index (χ1n) is 3.50. The summed E-state index contributed by atoms with van der Waals surface area (Å²) < 4.78 is 0. The molecule has 1 saturated heterocycles. The van der Waals surface area contributed by atoms with E-state index in [0.717, 1.165) is 26.3 Å². The SMILES string of the molecule is C=CCN1CCN(N=[N+]=[N-])C1. The maximum absolute atomic E-state index is 8.12. The van der Waals surface area contributed by atoms with Crippen LogP contribution in [-0.2, 0) is 0 Å². The molecule has 1 fully saturated rings. The second kappa shape index (κ2) is 3.85. The summed E-state index contributed by atoms with van der Waals surface area (Å²) in [6.07, 6.45) is 1.85. The van der Waals surface area contributed by atoms with Gasteiger partial charge in [0.1, 0.15) is 13.2 Å². The van der Waals surface area contributed by atoms with E-state index >= 15 is 0 Å². The molecule has 0 atom stereocenters. The molecule has 0 aromatic rings. The summed E-state index contributed by atoms with van der Waals surface area (Å²) in [6.45, 7) is 6.98.